The fourth-order valence-corrected chi connectivity index (χ4v) is 8.80. The number of hydrogen-bond donors (Lipinski definition) is 0. The van der Waals surface area contributed by atoms with Crippen LogP contribution in [0.5, 0.6) is 0 Å². The van der Waals surface area contributed by atoms with Crippen LogP contribution in [-0.2, 0) is 6.42 Å². The Morgan fingerprint density at radius 1 is 0.423 bits per heavy atom. The van der Waals surface area contributed by atoms with Crippen molar-refractivity contribution in [2.24, 2.45) is 11.8 Å². The Hall–Kier alpha value is -5.54. The van der Waals surface area contributed by atoms with E-state index in [1.54, 1.807) is 0 Å². The number of para-hydroxylation sites is 1. The van der Waals surface area contributed by atoms with E-state index < -0.39 is 0 Å². The minimum Gasteiger partial charge on any atom is -0.369 e. The molecule has 5 aromatic carbocycles. The number of aromatic nitrogens is 2. The van der Waals surface area contributed by atoms with Gasteiger partial charge >= 0.3 is 0 Å². The van der Waals surface area contributed by atoms with Crippen molar-refractivity contribution in [2.45, 2.75) is 178 Å². The van der Waals surface area contributed by atoms with Crippen LogP contribution in [0.3, 0.4) is 0 Å². The fraction of sp³-hybridized carbons (Fsp3) is 0.441. The SMILES string of the molecule is CC(C)C1CCCCC1.CC(C)N1CCCc2ccccc21.CC(C)c1cccc2ccccc12.CC(C)c1ccccc1.CC(C)c1ccccc1.CC(C)c1ccccn1.CC(C)c1ccncc1. The van der Waals surface area contributed by atoms with Gasteiger partial charge in [-0.15, -0.1) is 0 Å². The third kappa shape index (κ3) is 23.0. The van der Waals surface area contributed by atoms with Crippen molar-refractivity contribution in [2.75, 3.05) is 11.4 Å². The first-order chi connectivity index (χ1) is 34.1. The van der Waals surface area contributed by atoms with Gasteiger partial charge in [-0.3, -0.25) is 9.97 Å². The van der Waals surface area contributed by atoms with Gasteiger partial charge in [0.15, 0.2) is 0 Å². The van der Waals surface area contributed by atoms with Crippen LogP contribution in [0.2, 0.25) is 0 Å². The standard InChI is InChI=1S/C13H14.C12H17N.C9H18.2C9H12.2C8H11N/c1-10(2)12-9-5-7-11-6-3-4-8-13(11)12;1-10(2)13-9-5-7-11-6-3-4-8-12(11)13;3*1-8(2)9-6-4-3-5-7-9;1-7(2)8-3-5-9-6-4-8;1-7(2)8-5-3-4-6-9-8/h3-10H,1-2H3;3-4,6,8,10H,5,7,9H2,1-2H3;8-9H,3-7H2,1-2H3;2*3-8H,1-2H3;2*3-7H,1-2H3. The maximum Gasteiger partial charge on any atom is 0.0428 e. The maximum atomic E-state index is 4.18. The molecule has 0 unspecified atom stereocenters. The first kappa shape index (κ1) is 59.8. The first-order valence-electron chi connectivity index (χ1n) is 27.3. The molecule has 3 nitrogen and oxygen atoms in total. The van der Waals surface area contributed by atoms with Gasteiger partial charge in [-0.1, -0.05) is 243 Å². The minimum absolute atomic E-state index is 0.547. The largest absolute Gasteiger partial charge is 0.369 e. The normalized spacial score (nSPS) is 13.0. The lowest BCUT2D eigenvalue weighted by molar-refractivity contribution is 0.279. The number of rotatable bonds is 7. The summed E-state index contributed by atoms with van der Waals surface area (Å²) in [5.74, 6) is 5.08. The smallest absolute Gasteiger partial charge is 0.0428 e. The predicted molar refractivity (Wildman–Crippen MR) is 314 cm³/mol. The van der Waals surface area contributed by atoms with E-state index in [9.17, 15) is 0 Å². The second kappa shape index (κ2) is 33.9. The van der Waals surface area contributed by atoms with Crippen molar-refractivity contribution in [3.8, 4) is 0 Å². The second-order valence-corrected chi connectivity index (χ2v) is 21.4. The van der Waals surface area contributed by atoms with Gasteiger partial charge in [0.05, 0.1) is 0 Å². The van der Waals surface area contributed by atoms with Crippen LogP contribution in [0.15, 0.2) is 176 Å². The van der Waals surface area contributed by atoms with Crippen LogP contribution in [-0.4, -0.2) is 22.6 Å². The quantitative estimate of drug-likeness (QED) is 0.159. The highest BCUT2D eigenvalue weighted by Crippen LogP contribution is 2.30. The van der Waals surface area contributed by atoms with Crippen LogP contribution in [0.4, 0.5) is 5.69 Å². The molecule has 7 aromatic rings. The van der Waals surface area contributed by atoms with E-state index in [4.69, 9.17) is 0 Å². The molecule has 382 valence electrons. The average Bonchev–Trinajstić information content (AvgIpc) is 3.40. The van der Waals surface area contributed by atoms with Gasteiger partial charge in [-0.05, 0) is 137 Å². The number of nitrogens with zero attached hydrogens (tertiary/aromatic N) is 3. The summed E-state index contributed by atoms with van der Waals surface area (Å²) in [6, 6.07) is 55.6. The Kier molecular flexibility index (Phi) is 28.6. The van der Waals surface area contributed by atoms with Gasteiger partial charge < -0.3 is 4.90 Å². The molecule has 9 rings (SSSR count). The van der Waals surface area contributed by atoms with Crippen LogP contribution in [0.25, 0.3) is 10.8 Å². The molecule has 0 bridgehead atoms. The molecule has 3 heteroatoms. The average molecular weight is 955 g/mol. The number of fused-ring (bicyclic) bond motifs is 2. The number of hydrogen-bond acceptors (Lipinski definition) is 3. The van der Waals surface area contributed by atoms with Crippen molar-refractivity contribution >= 4 is 16.5 Å². The maximum absolute atomic E-state index is 4.18. The zero-order valence-corrected chi connectivity index (χ0v) is 46.9. The lowest BCUT2D eigenvalue weighted by atomic mass is 9.82. The summed E-state index contributed by atoms with van der Waals surface area (Å²) in [6.45, 7) is 32.4. The van der Waals surface area contributed by atoms with E-state index in [0.717, 1.165) is 17.5 Å². The lowest BCUT2D eigenvalue weighted by Gasteiger charge is -2.34. The summed E-state index contributed by atoms with van der Waals surface area (Å²) in [5.41, 5.74) is 9.75. The highest BCUT2D eigenvalue weighted by Gasteiger charge is 2.18. The predicted octanol–water partition coefficient (Wildman–Crippen LogP) is 20.1. The Balaban J connectivity index is 0.000000221. The van der Waals surface area contributed by atoms with E-state index in [-0.39, 0.29) is 0 Å². The van der Waals surface area contributed by atoms with Crippen LogP contribution in [0, 0.1) is 11.8 Å². The van der Waals surface area contributed by atoms with Crippen molar-refractivity contribution in [1.29, 1.82) is 0 Å². The lowest BCUT2D eigenvalue weighted by Crippen LogP contribution is -2.35. The number of pyridine rings is 2. The molecule has 2 aliphatic rings. The van der Waals surface area contributed by atoms with E-state index in [1.165, 1.54) is 95.8 Å². The van der Waals surface area contributed by atoms with Crippen molar-refractivity contribution < 1.29 is 0 Å². The van der Waals surface area contributed by atoms with Crippen LogP contribution in [0.1, 0.15) is 199 Å². The van der Waals surface area contributed by atoms with Gasteiger partial charge in [0.2, 0.25) is 0 Å². The zero-order chi connectivity index (χ0) is 52.0. The molecule has 71 heavy (non-hydrogen) atoms. The van der Waals surface area contributed by atoms with E-state index in [2.05, 4.69) is 227 Å². The van der Waals surface area contributed by atoms with Crippen LogP contribution >= 0.6 is 0 Å². The summed E-state index contributed by atoms with van der Waals surface area (Å²) in [6.07, 6.45) is 15.5. The summed E-state index contributed by atoms with van der Waals surface area (Å²) < 4.78 is 0. The number of benzene rings is 5. The number of aryl methyl sites for hydroxylation is 1. The molecule has 3 heterocycles. The molecule has 0 amide bonds. The van der Waals surface area contributed by atoms with Crippen LogP contribution < -0.4 is 4.90 Å². The van der Waals surface area contributed by atoms with Crippen molar-refractivity contribution in [3.05, 3.63) is 210 Å². The molecule has 0 radical (unpaired) electrons. The zero-order valence-electron chi connectivity index (χ0n) is 46.9. The molecule has 1 aliphatic heterocycles. The number of anilines is 1. The molecule has 1 saturated carbocycles. The molecular weight excluding hydrogens is 859 g/mol. The van der Waals surface area contributed by atoms with Crippen molar-refractivity contribution in [3.63, 3.8) is 0 Å². The molecule has 0 atom stereocenters. The summed E-state index contributed by atoms with van der Waals surface area (Å²) >= 11 is 0. The van der Waals surface area contributed by atoms with Gasteiger partial charge in [0.1, 0.15) is 0 Å². The second-order valence-electron chi connectivity index (χ2n) is 21.4. The Labute approximate surface area is 435 Å². The Morgan fingerprint density at radius 3 is 1.38 bits per heavy atom. The van der Waals surface area contributed by atoms with Crippen molar-refractivity contribution in [1.82, 2.24) is 9.97 Å². The summed E-state index contributed by atoms with van der Waals surface area (Å²) in [4.78, 5) is 10.6. The molecule has 0 saturated heterocycles. The first-order valence-corrected chi connectivity index (χ1v) is 27.3. The highest BCUT2D eigenvalue weighted by atomic mass is 15.2. The van der Waals surface area contributed by atoms with E-state index in [1.807, 2.05) is 61.1 Å². The van der Waals surface area contributed by atoms with Gasteiger partial charge in [0.25, 0.3) is 0 Å². The molecule has 1 aliphatic carbocycles. The Morgan fingerprint density at radius 2 is 0.930 bits per heavy atom. The molecule has 2 aromatic heterocycles. The third-order valence-electron chi connectivity index (χ3n) is 13.4. The third-order valence-corrected chi connectivity index (χ3v) is 13.4. The summed E-state index contributed by atoms with van der Waals surface area (Å²) in [7, 11) is 0. The topological polar surface area (TPSA) is 29.0 Å². The molecular formula is C68H95N3. The fourth-order valence-electron chi connectivity index (χ4n) is 8.80. The van der Waals surface area contributed by atoms with Gasteiger partial charge in [-0.2, -0.15) is 0 Å². The summed E-state index contributed by atoms with van der Waals surface area (Å²) in [5, 5.41) is 2.73. The molecule has 0 N–H and O–H groups in total. The molecule has 1 fully saturated rings. The van der Waals surface area contributed by atoms with E-state index >= 15 is 0 Å². The monoisotopic (exact) mass is 954 g/mol. The Bertz CT molecular complexity index is 2180. The highest BCUT2D eigenvalue weighted by molar-refractivity contribution is 5.86. The minimum atomic E-state index is 0.547. The van der Waals surface area contributed by atoms with E-state index in [0.29, 0.717) is 35.6 Å². The van der Waals surface area contributed by atoms with Gasteiger partial charge in [-0.25, -0.2) is 0 Å². The molecule has 0 spiro atoms. The van der Waals surface area contributed by atoms with Gasteiger partial charge in [0, 0.05) is 42.6 Å².